The van der Waals surface area contributed by atoms with Crippen LogP contribution >= 0.6 is 11.3 Å². The molecule has 0 bridgehead atoms. The molecule has 0 spiro atoms. The molecule has 0 aliphatic carbocycles. The molecule has 0 unspecified atom stereocenters. The zero-order valence-corrected chi connectivity index (χ0v) is 12.0. The summed E-state index contributed by atoms with van der Waals surface area (Å²) in [5.41, 5.74) is 2.08. The summed E-state index contributed by atoms with van der Waals surface area (Å²) >= 11 is 1.61. The molecule has 20 heavy (non-hydrogen) atoms. The molecule has 0 saturated carbocycles. The van der Waals surface area contributed by atoms with Crippen LogP contribution in [0.25, 0.3) is 10.9 Å². The van der Waals surface area contributed by atoms with E-state index in [9.17, 15) is 4.79 Å². The summed E-state index contributed by atoms with van der Waals surface area (Å²) in [4.78, 5) is 20.6. The van der Waals surface area contributed by atoms with Crippen molar-refractivity contribution in [3.05, 3.63) is 52.1 Å². The lowest BCUT2D eigenvalue weighted by Crippen LogP contribution is -2.24. The average Bonchev–Trinajstić information content (AvgIpc) is 3.04. The Labute approximate surface area is 120 Å². The van der Waals surface area contributed by atoms with Crippen molar-refractivity contribution < 1.29 is 4.79 Å². The third-order valence-corrected chi connectivity index (χ3v) is 4.04. The van der Waals surface area contributed by atoms with Gasteiger partial charge in [-0.1, -0.05) is 18.2 Å². The second-order valence-corrected chi connectivity index (χ2v) is 6.00. The molecule has 3 aromatic rings. The first-order chi connectivity index (χ1) is 9.72. The van der Waals surface area contributed by atoms with Crippen molar-refractivity contribution in [2.45, 2.75) is 19.9 Å². The topological polar surface area (TPSA) is 57.8 Å². The molecule has 0 aliphatic rings. The van der Waals surface area contributed by atoms with Gasteiger partial charge in [0, 0.05) is 28.2 Å². The molecule has 0 atom stereocenters. The van der Waals surface area contributed by atoms with E-state index in [0.717, 1.165) is 26.4 Å². The predicted molar refractivity (Wildman–Crippen MR) is 80.7 cm³/mol. The molecule has 0 saturated heterocycles. The number of thiazole rings is 1. The monoisotopic (exact) mass is 285 g/mol. The lowest BCUT2D eigenvalue weighted by atomic mass is 10.1. The average molecular weight is 285 g/mol. The number of amides is 1. The van der Waals surface area contributed by atoms with Gasteiger partial charge in [0.1, 0.15) is 5.01 Å². The maximum absolute atomic E-state index is 12.0. The largest absolute Gasteiger partial charge is 0.361 e. The lowest BCUT2D eigenvalue weighted by molar-refractivity contribution is -0.120. The van der Waals surface area contributed by atoms with Gasteiger partial charge in [0.2, 0.25) is 5.91 Å². The van der Waals surface area contributed by atoms with Crippen molar-refractivity contribution in [2.24, 2.45) is 0 Å². The standard InChI is InChI=1S/C15H15N3OS/c1-10-7-18-15(20-10)9-17-14(19)6-11-8-16-13-5-3-2-4-12(11)13/h2-5,7-8,16H,6,9H2,1H3,(H,17,19). The summed E-state index contributed by atoms with van der Waals surface area (Å²) in [6.45, 7) is 2.51. The van der Waals surface area contributed by atoms with Gasteiger partial charge in [-0.15, -0.1) is 11.3 Å². The van der Waals surface area contributed by atoms with Crippen LogP contribution in [0.5, 0.6) is 0 Å². The summed E-state index contributed by atoms with van der Waals surface area (Å²) < 4.78 is 0. The highest BCUT2D eigenvalue weighted by Crippen LogP contribution is 2.18. The number of rotatable bonds is 4. The van der Waals surface area contributed by atoms with E-state index in [1.54, 1.807) is 11.3 Å². The van der Waals surface area contributed by atoms with E-state index in [0.29, 0.717) is 13.0 Å². The van der Waals surface area contributed by atoms with E-state index in [2.05, 4.69) is 15.3 Å². The number of H-pyrrole nitrogens is 1. The first-order valence-corrected chi connectivity index (χ1v) is 7.27. The number of para-hydroxylation sites is 1. The minimum Gasteiger partial charge on any atom is -0.361 e. The Morgan fingerprint density at radius 2 is 2.25 bits per heavy atom. The Morgan fingerprint density at radius 3 is 3.05 bits per heavy atom. The molecule has 102 valence electrons. The van der Waals surface area contributed by atoms with Gasteiger partial charge >= 0.3 is 0 Å². The number of nitrogens with zero attached hydrogens (tertiary/aromatic N) is 1. The third kappa shape index (κ3) is 2.72. The Balaban J connectivity index is 1.64. The minimum absolute atomic E-state index is 0.0163. The normalized spacial score (nSPS) is 10.8. The fraction of sp³-hybridized carbons (Fsp3) is 0.200. The molecule has 1 amide bonds. The van der Waals surface area contributed by atoms with Gasteiger partial charge in [-0.2, -0.15) is 0 Å². The number of hydrogen-bond donors (Lipinski definition) is 2. The third-order valence-electron chi connectivity index (χ3n) is 3.13. The lowest BCUT2D eigenvalue weighted by Gasteiger charge is -2.02. The SMILES string of the molecule is Cc1cnc(CNC(=O)Cc2c[nH]c3ccccc23)s1. The van der Waals surface area contributed by atoms with Crippen LogP contribution in [0.3, 0.4) is 0 Å². The quantitative estimate of drug-likeness (QED) is 0.774. The fourth-order valence-corrected chi connectivity index (χ4v) is 2.90. The van der Waals surface area contributed by atoms with Crippen LogP contribution in [0.2, 0.25) is 0 Å². The first-order valence-electron chi connectivity index (χ1n) is 6.45. The second-order valence-electron chi connectivity index (χ2n) is 4.68. The van der Waals surface area contributed by atoms with Gasteiger partial charge < -0.3 is 10.3 Å². The van der Waals surface area contributed by atoms with E-state index < -0.39 is 0 Å². The number of benzene rings is 1. The smallest absolute Gasteiger partial charge is 0.224 e. The molecule has 2 heterocycles. The summed E-state index contributed by atoms with van der Waals surface area (Å²) in [7, 11) is 0. The van der Waals surface area contributed by atoms with Gasteiger partial charge in [0.15, 0.2) is 0 Å². The van der Waals surface area contributed by atoms with Crippen LogP contribution in [0.4, 0.5) is 0 Å². The van der Waals surface area contributed by atoms with Gasteiger partial charge in [0.25, 0.3) is 0 Å². The summed E-state index contributed by atoms with van der Waals surface area (Å²) in [6, 6.07) is 8.00. The second kappa shape index (κ2) is 5.46. The Hall–Kier alpha value is -2.14. The summed E-state index contributed by atoms with van der Waals surface area (Å²) in [6.07, 6.45) is 4.11. The maximum atomic E-state index is 12.0. The Bertz CT molecular complexity index is 744. The van der Waals surface area contributed by atoms with Crippen LogP contribution in [0.15, 0.2) is 36.7 Å². The first kappa shape index (κ1) is 12.9. The highest BCUT2D eigenvalue weighted by molar-refractivity contribution is 7.11. The van der Waals surface area contributed by atoms with E-state index in [1.807, 2.05) is 43.6 Å². The Morgan fingerprint density at radius 1 is 1.40 bits per heavy atom. The number of hydrogen-bond acceptors (Lipinski definition) is 3. The molecular weight excluding hydrogens is 270 g/mol. The van der Waals surface area contributed by atoms with E-state index in [-0.39, 0.29) is 5.91 Å². The number of nitrogens with one attached hydrogen (secondary N) is 2. The molecular formula is C15H15N3OS. The van der Waals surface area contributed by atoms with Crippen LogP contribution in [-0.2, 0) is 17.8 Å². The van der Waals surface area contributed by atoms with E-state index >= 15 is 0 Å². The number of aromatic amines is 1. The van der Waals surface area contributed by atoms with Crippen molar-refractivity contribution in [3.63, 3.8) is 0 Å². The van der Waals surface area contributed by atoms with Crippen LogP contribution in [-0.4, -0.2) is 15.9 Å². The fourth-order valence-electron chi connectivity index (χ4n) is 2.17. The van der Waals surface area contributed by atoms with Crippen molar-refractivity contribution in [1.82, 2.24) is 15.3 Å². The molecule has 2 aromatic heterocycles. The van der Waals surface area contributed by atoms with Crippen molar-refractivity contribution in [2.75, 3.05) is 0 Å². The van der Waals surface area contributed by atoms with E-state index in [4.69, 9.17) is 0 Å². The zero-order chi connectivity index (χ0) is 13.9. The number of carbonyl (C=O) groups excluding carboxylic acids is 1. The number of carbonyl (C=O) groups is 1. The van der Waals surface area contributed by atoms with Gasteiger partial charge in [-0.05, 0) is 18.6 Å². The zero-order valence-electron chi connectivity index (χ0n) is 11.1. The van der Waals surface area contributed by atoms with E-state index in [1.165, 1.54) is 0 Å². The maximum Gasteiger partial charge on any atom is 0.224 e. The molecule has 0 fully saturated rings. The molecule has 5 heteroatoms. The highest BCUT2D eigenvalue weighted by atomic mass is 32.1. The van der Waals surface area contributed by atoms with Crippen LogP contribution in [0.1, 0.15) is 15.4 Å². The highest BCUT2D eigenvalue weighted by Gasteiger charge is 2.09. The molecule has 4 nitrogen and oxygen atoms in total. The predicted octanol–water partition coefficient (Wildman–Crippen LogP) is 2.79. The molecule has 2 N–H and O–H groups in total. The van der Waals surface area contributed by atoms with Crippen molar-refractivity contribution in [1.29, 1.82) is 0 Å². The number of aryl methyl sites for hydroxylation is 1. The molecule has 3 rings (SSSR count). The summed E-state index contributed by atoms with van der Waals surface area (Å²) in [5, 5.41) is 4.95. The molecule has 0 radical (unpaired) electrons. The number of aromatic nitrogens is 2. The molecule has 1 aromatic carbocycles. The van der Waals surface area contributed by atoms with Crippen LogP contribution < -0.4 is 5.32 Å². The van der Waals surface area contributed by atoms with Crippen molar-refractivity contribution in [3.8, 4) is 0 Å². The minimum atomic E-state index is 0.0163. The number of fused-ring (bicyclic) bond motifs is 1. The van der Waals surface area contributed by atoms with Crippen LogP contribution in [0, 0.1) is 6.92 Å². The Kier molecular flexibility index (Phi) is 3.52. The van der Waals surface area contributed by atoms with Gasteiger partial charge in [-0.25, -0.2) is 4.98 Å². The van der Waals surface area contributed by atoms with Gasteiger partial charge in [0.05, 0.1) is 13.0 Å². The van der Waals surface area contributed by atoms with Gasteiger partial charge in [-0.3, -0.25) is 4.79 Å². The summed E-state index contributed by atoms with van der Waals surface area (Å²) in [5.74, 6) is 0.0163. The molecule has 0 aliphatic heterocycles. The van der Waals surface area contributed by atoms with Crippen molar-refractivity contribution >= 4 is 28.1 Å².